The Hall–Kier alpha value is -3.14. The van der Waals surface area contributed by atoms with Gasteiger partial charge in [-0.1, -0.05) is 74.5 Å². The Morgan fingerprint density at radius 3 is 1.86 bits per heavy atom. The van der Waals surface area contributed by atoms with Gasteiger partial charge in [0.25, 0.3) is 0 Å². The molecule has 1 unspecified atom stereocenters. The van der Waals surface area contributed by atoms with Crippen LogP contribution in [0.1, 0.15) is 31.4 Å². The van der Waals surface area contributed by atoms with Gasteiger partial charge >= 0.3 is 0 Å². The van der Waals surface area contributed by atoms with Gasteiger partial charge < -0.3 is 10.2 Å². The van der Waals surface area contributed by atoms with Crippen LogP contribution in [0.3, 0.4) is 0 Å². The van der Waals surface area contributed by atoms with E-state index in [0.717, 1.165) is 17.2 Å². The fourth-order valence-corrected chi connectivity index (χ4v) is 3.78. The molecule has 29 heavy (non-hydrogen) atoms. The first-order chi connectivity index (χ1) is 13.9. The molecule has 0 aliphatic heterocycles. The number of aliphatic hydroxyl groups excluding tert-OH is 2. The van der Waals surface area contributed by atoms with Crippen LogP contribution in [0.5, 0.6) is 0 Å². The number of benzene rings is 2. The third-order valence-electron chi connectivity index (χ3n) is 5.69. The van der Waals surface area contributed by atoms with Crippen LogP contribution < -0.4 is 0 Å². The number of hydrogen-bond donors (Lipinski definition) is 2. The summed E-state index contributed by atoms with van der Waals surface area (Å²) in [6.07, 6.45) is 2.13. The average Bonchev–Trinajstić information content (AvgIpc) is 2.73. The summed E-state index contributed by atoms with van der Waals surface area (Å²) in [5.74, 6) is -1.91. The van der Waals surface area contributed by atoms with Crippen molar-refractivity contribution in [2.45, 2.75) is 33.1 Å². The molecule has 1 atom stereocenters. The lowest BCUT2D eigenvalue weighted by Crippen LogP contribution is -2.41. The zero-order chi connectivity index (χ0) is 21.0. The standard InChI is InChI=1S/C25H26O4/c1-3-17(2)23(28)22-20(26)14-21(27)25(24(22)29,15-18-10-6-4-7-11-18)16-19-12-8-5-9-13-19/h4-14,17,26,29H,3,15-16H2,1-2H3. The second-order valence-corrected chi connectivity index (χ2v) is 7.70. The summed E-state index contributed by atoms with van der Waals surface area (Å²) in [5.41, 5.74) is 0.264. The number of carbonyl (C=O) groups excluding carboxylic acids is 2. The van der Waals surface area contributed by atoms with Crippen LogP contribution in [0, 0.1) is 11.3 Å². The van der Waals surface area contributed by atoms with Gasteiger partial charge in [-0.3, -0.25) is 9.59 Å². The third-order valence-corrected chi connectivity index (χ3v) is 5.69. The minimum atomic E-state index is -1.34. The van der Waals surface area contributed by atoms with E-state index < -0.39 is 17.0 Å². The fourth-order valence-electron chi connectivity index (χ4n) is 3.78. The van der Waals surface area contributed by atoms with E-state index in [1.54, 1.807) is 6.92 Å². The van der Waals surface area contributed by atoms with E-state index in [4.69, 9.17) is 0 Å². The van der Waals surface area contributed by atoms with Crippen LogP contribution in [0.4, 0.5) is 0 Å². The molecule has 2 aromatic carbocycles. The average molecular weight is 390 g/mol. The maximum atomic E-state index is 13.2. The largest absolute Gasteiger partial charge is 0.510 e. The van der Waals surface area contributed by atoms with Crippen LogP contribution in [0.2, 0.25) is 0 Å². The summed E-state index contributed by atoms with van der Waals surface area (Å²) in [5, 5.41) is 21.7. The number of hydrogen-bond acceptors (Lipinski definition) is 4. The smallest absolute Gasteiger partial charge is 0.173 e. The quantitative estimate of drug-likeness (QED) is 0.704. The van der Waals surface area contributed by atoms with Crippen molar-refractivity contribution in [3.63, 3.8) is 0 Å². The molecule has 0 amide bonds. The van der Waals surface area contributed by atoms with Crippen molar-refractivity contribution in [2.24, 2.45) is 11.3 Å². The van der Waals surface area contributed by atoms with E-state index in [2.05, 4.69) is 0 Å². The zero-order valence-corrected chi connectivity index (χ0v) is 16.8. The highest BCUT2D eigenvalue weighted by Gasteiger charge is 2.48. The van der Waals surface area contributed by atoms with Gasteiger partial charge in [0, 0.05) is 12.0 Å². The summed E-state index contributed by atoms with van der Waals surface area (Å²) in [6.45, 7) is 3.62. The van der Waals surface area contributed by atoms with Gasteiger partial charge in [0.05, 0.1) is 11.0 Å². The maximum absolute atomic E-state index is 13.2. The zero-order valence-electron chi connectivity index (χ0n) is 16.8. The first kappa shape index (κ1) is 20.6. The molecule has 1 aliphatic rings. The summed E-state index contributed by atoms with van der Waals surface area (Å²) in [4.78, 5) is 26.1. The number of rotatable bonds is 7. The van der Waals surface area contributed by atoms with Crippen molar-refractivity contribution in [1.82, 2.24) is 0 Å². The molecular formula is C25H26O4. The van der Waals surface area contributed by atoms with E-state index in [1.165, 1.54) is 0 Å². The van der Waals surface area contributed by atoms with Crippen LogP contribution in [0.25, 0.3) is 0 Å². The van der Waals surface area contributed by atoms with E-state index in [0.29, 0.717) is 6.42 Å². The SMILES string of the molecule is CCC(C)C(=O)C1=C(O)C(Cc2ccccc2)(Cc2ccccc2)C(=O)C=C1O. The van der Waals surface area contributed by atoms with Crippen LogP contribution in [-0.4, -0.2) is 21.8 Å². The molecule has 0 saturated heterocycles. The van der Waals surface area contributed by atoms with E-state index in [9.17, 15) is 19.8 Å². The molecule has 2 N–H and O–H groups in total. The van der Waals surface area contributed by atoms with Crippen molar-refractivity contribution >= 4 is 11.6 Å². The number of Topliss-reactive ketones (excluding diaryl/α,β-unsaturated/α-hetero) is 1. The number of aliphatic hydroxyl groups is 2. The van der Waals surface area contributed by atoms with Gasteiger partial charge in [0.1, 0.15) is 11.5 Å². The maximum Gasteiger partial charge on any atom is 0.173 e. The Balaban J connectivity index is 2.17. The lowest BCUT2D eigenvalue weighted by molar-refractivity contribution is -0.124. The molecule has 2 aromatic rings. The third kappa shape index (κ3) is 4.02. The minimum absolute atomic E-state index is 0.134. The number of allylic oxidation sites excluding steroid dienone is 3. The molecule has 0 saturated carbocycles. The molecule has 3 rings (SSSR count). The predicted molar refractivity (Wildman–Crippen MR) is 113 cm³/mol. The van der Waals surface area contributed by atoms with Gasteiger partial charge in [0.15, 0.2) is 11.6 Å². The number of ketones is 2. The minimum Gasteiger partial charge on any atom is -0.510 e. The van der Waals surface area contributed by atoms with Crippen molar-refractivity contribution < 1.29 is 19.8 Å². The first-order valence-electron chi connectivity index (χ1n) is 9.90. The van der Waals surface area contributed by atoms with E-state index in [-0.39, 0.29) is 35.9 Å². The highest BCUT2D eigenvalue weighted by molar-refractivity contribution is 6.08. The molecule has 0 bridgehead atoms. The monoisotopic (exact) mass is 390 g/mol. The second kappa shape index (κ2) is 8.48. The molecule has 150 valence electrons. The van der Waals surface area contributed by atoms with Crippen molar-refractivity contribution in [3.05, 3.63) is 95.0 Å². The van der Waals surface area contributed by atoms with Crippen LogP contribution in [0.15, 0.2) is 83.8 Å². The lowest BCUT2D eigenvalue weighted by Gasteiger charge is -2.35. The van der Waals surface area contributed by atoms with Gasteiger partial charge in [-0.2, -0.15) is 0 Å². The fraction of sp³-hybridized carbons (Fsp3) is 0.280. The van der Waals surface area contributed by atoms with Crippen LogP contribution in [-0.2, 0) is 22.4 Å². The molecule has 4 nitrogen and oxygen atoms in total. The summed E-state index contributed by atoms with van der Waals surface area (Å²) < 4.78 is 0. The summed E-state index contributed by atoms with van der Waals surface area (Å²) in [7, 11) is 0. The molecular weight excluding hydrogens is 364 g/mol. The first-order valence-corrected chi connectivity index (χ1v) is 9.90. The van der Waals surface area contributed by atoms with Gasteiger partial charge in [-0.15, -0.1) is 0 Å². The van der Waals surface area contributed by atoms with E-state index in [1.807, 2.05) is 67.6 Å². The van der Waals surface area contributed by atoms with Crippen molar-refractivity contribution in [1.29, 1.82) is 0 Å². The van der Waals surface area contributed by atoms with Crippen molar-refractivity contribution in [2.75, 3.05) is 0 Å². The molecule has 0 heterocycles. The lowest BCUT2D eigenvalue weighted by atomic mass is 9.67. The molecule has 0 aromatic heterocycles. The highest BCUT2D eigenvalue weighted by Crippen LogP contribution is 2.42. The van der Waals surface area contributed by atoms with Gasteiger partial charge in [0.2, 0.25) is 0 Å². The second-order valence-electron chi connectivity index (χ2n) is 7.70. The topological polar surface area (TPSA) is 74.6 Å². The summed E-state index contributed by atoms with van der Waals surface area (Å²) in [6, 6.07) is 18.8. The Kier molecular flexibility index (Phi) is 6.02. The highest BCUT2D eigenvalue weighted by atomic mass is 16.3. The molecule has 0 radical (unpaired) electrons. The van der Waals surface area contributed by atoms with Gasteiger partial charge in [-0.25, -0.2) is 0 Å². The van der Waals surface area contributed by atoms with Crippen LogP contribution >= 0.6 is 0 Å². The van der Waals surface area contributed by atoms with Crippen molar-refractivity contribution in [3.8, 4) is 0 Å². The Morgan fingerprint density at radius 1 is 0.931 bits per heavy atom. The molecule has 0 spiro atoms. The summed E-state index contributed by atoms with van der Waals surface area (Å²) >= 11 is 0. The normalized spacial score (nSPS) is 17.0. The van der Waals surface area contributed by atoms with Gasteiger partial charge in [-0.05, 0) is 30.4 Å². The van der Waals surface area contributed by atoms with E-state index >= 15 is 0 Å². The Labute approximate surface area is 171 Å². The Morgan fingerprint density at radius 2 is 1.41 bits per heavy atom. The Bertz CT molecular complexity index is 913. The molecule has 0 fully saturated rings. The number of carbonyl (C=O) groups is 2. The molecule has 4 heteroatoms. The predicted octanol–water partition coefficient (Wildman–Crippen LogP) is 4.91. The molecule has 1 aliphatic carbocycles.